The highest BCUT2D eigenvalue weighted by Crippen LogP contribution is 2.15. The van der Waals surface area contributed by atoms with E-state index in [9.17, 15) is 13.6 Å². The number of likely N-dealkylation sites (N-methyl/N-ethyl adjacent to an activating group) is 1. The lowest BCUT2D eigenvalue weighted by atomic mass is 10.1. The van der Waals surface area contributed by atoms with Crippen LogP contribution in [0.5, 0.6) is 0 Å². The zero-order valence-corrected chi connectivity index (χ0v) is 11.6. The molecule has 5 heteroatoms. The van der Waals surface area contributed by atoms with Crippen LogP contribution in [-0.4, -0.2) is 17.9 Å². The quantitative estimate of drug-likeness (QED) is 0.880. The molecule has 0 atom stereocenters. The van der Waals surface area contributed by atoms with Crippen molar-refractivity contribution in [1.82, 2.24) is 4.90 Å². The number of para-hydroxylation sites is 1. The molecule has 110 valence electrons. The third-order valence-electron chi connectivity index (χ3n) is 3.25. The summed E-state index contributed by atoms with van der Waals surface area (Å²) in [6, 6.07) is 10.4. The fourth-order valence-corrected chi connectivity index (χ4v) is 1.99. The van der Waals surface area contributed by atoms with Gasteiger partial charge >= 0.3 is 0 Å². The summed E-state index contributed by atoms with van der Waals surface area (Å²) in [4.78, 5) is 13.5. The van der Waals surface area contributed by atoms with Crippen LogP contribution in [-0.2, 0) is 17.8 Å². The van der Waals surface area contributed by atoms with E-state index in [1.807, 2.05) is 0 Å². The molecule has 0 unspecified atom stereocenters. The smallest absolute Gasteiger partial charge is 0.227 e. The molecule has 21 heavy (non-hydrogen) atoms. The van der Waals surface area contributed by atoms with E-state index in [-0.39, 0.29) is 24.4 Å². The first-order valence-electron chi connectivity index (χ1n) is 6.48. The number of benzene rings is 2. The van der Waals surface area contributed by atoms with Gasteiger partial charge in [0.05, 0.1) is 6.42 Å². The van der Waals surface area contributed by atoms with E-state index in [1.165, 1.54) is 17.0 Å². The molecule has 2 aromatic rings. The Hall–Kier alpha value is -2.43. The summed E-state index contributed by atoms with van der Waals surface area (Å²) in [5.74, 6) is -1.48. The van der Waals surface area contributed by atoms with Crippen molar-refractivity contribution in [3.05, 3.63) is 65.2 Å². The van der Waals surface area contributed by atoms with Crippen molar-refractivity contribution in [1.29, 1.82) is 0 Å². The van der Waals surface area contributed by atoms with Crippen molar-refractivity contribution in [3.63, 3.8) is 0 Å². The van der Waals surface area contributed by atoms with E-state index in [1.54, 1.807) is 31.3 Å². The van der Waals surface area contributed by atoms with Crippen LogP contribution < -0.4 is 5.73 Å². The summed E-state index contributed by atoms with van der Waals surface area (Å²) in [6.45, 7) is 0.0810. The molecule has 0 radical (unpaired) electrons. The summed E-state index contributed by atoms with van der Waals surface area (Å²) in [7, 11) is 1.57. The summed E-state index contributed by atoms with van der Waals surface area (Å²) in [5.41, 5.74) is 7.34. The molecule has 2 aromatic carbocycles. The Kier molecular flexibility index (Phi) is 4.52. The molecule has 2 N–H and O–H groups in total. The second kappa shape index (κ2) is 6.35. The highest BCUT2D eigenvalue weighted by molar-refractivity contribution is 5.80. The van der Waals surface area contributed by atoms with Crippen molar-refractivity contribution in [3.8, 4) is 0 Å². The van der Waals surface area contributed by atoms with Crippen molar-refractivity contribution >= 4 is 11.6 Å². The number of carbonyl (C=O) groups excluding carboxylic acids is 1. The molecule has 0 fully saturated rings. The number of nitrogens with two attached hydrogens (primary N) is 1. The molecule has 0 saturated heterocycles. The normalized spacial score (nSPS) is 10.4. The highest BCUT2D eigenvalue weighted by atomic mass is 19.1. The van der Waals surface area contributed by atoms with Gasteiger partial charge in [-0.1, -0.05) is 24.3 Å². The second-order valence-electron chi connectivity index (χ2n) is 4.86. The molecule has 0 bridgehead atoms. The third-order valence-corrected chi connectivity index (χ3v) is 3.25. The molecule has 0 heterocycles. The van der Waals surface area contributed by atoms with E-state index >= 15 is 0 Å². The predicted molar refractivity (Wildman–Crippen MR) is 77.4 cm³/mol. The van der Waals surface area contributed by atoms with E-state index in [2.05, 4.69) is 0 Å². The summed E-state index contributed by atoms with van der Waals surface area (Å²) in [5, 5.41) is 0. The molecular weight excluding hydrogens is 274 g/mol. The van der Waals surface area contributed by atoms with Crippen LogP contribution in [0.2, 0.25) is 0 Å². The molecule has 2 rings (SSSR count). The van der Waals surface area contributed by atoms with E-state index in [0.717, 1.165) is 11.6 Å². The fraction of sp³-hybridized carbons (Fsp3) is 0.188. The van der Waals surface area contributed by atoms with Crippen molar-refractivity contribution in [2.75, 3.05) is 12.8 Å². The number of nitrogen functional groups attached to an aromatic ring is 1. The topological polar surface area (TPSA) is 46.3 Å². The molecule has 0 aromatic heterocycles. The first-order chi connectivity index (χ1) is 9.97. The Bertz CT molecular complexity index is 658. The molecule has 0 spiro atoms. The standard InChI is InChI=1S/C16H16F2N2O/c1-20(10-12-6-7-13(17)9-14(12)18)16(21)8-11-4-2-3-5-15(11)19/h2-7,9H,8,10,19H2,1H3. The average Bonchev–Trinajstić information content (AvgIpc) is 2.44. The summed E-state index contributed by atoms with van der Waals surface area (Å²) < 4.78 is 26.4. The van der Waals surface area contributed by atoms with Gasteiger partial charge in [0.1, 0.15) is 11.6 Å². The van der Waals surface area contributed by atoms with Crippen LogP contribution in [0.1, 0.15) is 11.1 Å². The Balaban J connectivity index is 2.04. The number of hydrogen-bond donors (Lipinski definition) is 1. The Morgan fingerprint density at radius 1 is 1.14 bits per heavy atom. The van der Waals surface area contributed by atoms with Gasteiger partial charge in [0.15, 0.2) is 0 Å². The van der Waals surface area contributed by atoms with Crippen molar-refractivity contribution in [2.45, 2.75) is 13.0 Å². The molecular formula is C16H16F2N2O. The largest absolute Gasteiger partial charge is 0.398 e. The number of hydrogen-bond acceptors (Lipinski definition) is 2. The van der Waals surface area contributed by atoms with Crippen molar-refractivity contribution < 1.29 is 13.6 Å². The molecule has 1 amide bonds. The number of nitrogens with zero attached hydrogens (tertiary/aromatic N) is 1. The van der Waals surface area contributed by atoms with Gasteiger partial charge in [-0.05, 0) is 17.7 Å². The zero-order valence-electron chi connectivity index (χ0n) is 11.6. The van der Waals surface area contributed by atoms with Gasteiger partial charge in [-0.15, -0.1) is 0 Å². The van der Waals surface area contributed by atoms with E-state index in [4.69, 9.17) is 5.73 Å². The zero-order chi connectivity index (χ0) is 15.4. The Morgan fingerprint density at radius 2 is 1.86 bits per heavy atom. The van der Waals surface area contributed by atoms with Gasteiger partial charge in [0.2, 0.25) is 5.91 Å². The monoisotopic (exact) mass is 290 g/mol. The molecule has 0 saturated carbocycles. The minimum Gasteiger partial charge on any atom is -0.398 e. The molecule has 3 nitrogen and oxygen atoms in total. The molecule has 0 aliphatic carbocycles. The fourth-order valence-electron chi connectivity index (χ4n) is 1.99. The molecule has 0 aliphatic heterocycles. The second-order valence-corrected chi connectivity index (χ2v) is 4.86. The van der Waals surface area contributed by atoms with Gasteiger partial charge in [-0.2, -0.15) is 0 Å². The maximum absolute atomic E-state index is 13.6. The number of halogens is 2. The first-order valence-corrected chi connectivity index (χ1v) is 6.48. The lowest BCUT2D eigenvalue weighted by Gasteiger charge is -2.18. The van der Waals surface area contributed by atoms with E-state index < -0.39 is 11.6 Å². The number of carbonyl (C=O) groups is 1. The predicted octanol–water partition coefficient (Wildman–Crippen LogP) is 2.75. The Labute approximate surface area is 122 Å². The number of anilines is 1. The average molecular weight is 290 g/mol. The maximum Gasteiger partial charge on any atom is 0.227 e. The summed E-state index contributed by atoms with van der Waals surface area (Å²) in [6.07, 6.45) is 0.145. The third kappa shape index (κ3) is 3.78. The molecule has 0 aliphatic rings. The van der Waals surface area contributed by atoms with Gasteiger partial charge in [-0.3, -0.25) is 4.79 Å². The van der Waals surface area contributed by atoms with Crippen LogP contribution in [0.25, 0.3) is 0 Å². The number of rotatable bonds is 4. The van der Waals surface area contributed by atoms with Gasteiger partial charge in [-0.25, -0.2) is 8.78 Å². The minimum atomic E-state index is -0.658. The summed E-state index contributed by atoms with van der Waals surface area (Å²) >= 11 is 0. The maximum atomic E-state index is 13.6. The van der Waals surface area contributed by atoms with Crippen LogP contribution >= 0.6 is 0 Å². The van der Waals surface area contributed by atoms with Gasteiger partial charge < -0.3 is 10.6 Å². The SMILES string of the molecule is CN(Cc1ccc(F)cc1F)C(=O)Cc1ccccc1N. The van der Waals surface area contributed by atoms with Crippen LogP contribution in [0.4, 0.5) is 14.5 Å². The van der Waals surface area contributed by atoms with Crippen LogP contribution in [0, 0.1) is 11.6 Å². The minimum absolute atomic E-state index is 0.0810. The van der Waals surface area contributed by atoms with Gasteiger partial charge in [0, 0.05) is 30.9 Å². The number of amides is 1. The van der Waals surface area contributed by atoms with E-state index in [0.29, 0.717) is 5.69 Å². The lowest BCUT2D eigenvalue weighted by molar-refractivity contribution is -0.129. The van der Waals surface area contributed by atoms with Gasteiger partial charge in [0.25, 0.3) is 0 Å². The lowest BCUT2D eigenvalue weighted by Crippen LogP contribution is -2.28. The van der Waals surface area contributed by atoms with Crippen molar-refractivity contribution in [2.24, 2.45) is 0 Å². The van der Waals surface area contributed by atoms with Crippen LogP contribution in [0.15, 0.2) is 42.5 Å². The highest BCUT2D eigenvalue weighted by Gasteiger charge is 2.14. The first kappa shape index (κ1) is 15.0. The van der Waals surface area contributed by atoms with Crippen LogP contribution in [0.3, 0.4) is 0 Å². The Morgan fingerprint density at radius 3 is 2.52 bits per heavy atom.